The Morgan fingerprint density at radius 2 is 1.71 bits per heavy atom. The van der Waals surface area contributed by atoms with Crippen LogP contribution < -0.4 is 10.6 Å². The molecule has 1 atom stereocenters. The molecular formula is C16H29N3O2. The summed E-state index contributed by atoms with van der Waals surface area (Å²) in [6.45, 7) is 10.6. The third-order valence-electron chi connectivity index (χ3n) is 3.37. The van der Waals surface area contributed by atoms with Gasteiger partial charge in [0, 0.05) is 32.3 Å². The Bertz CT molecular complexity index is 360. The molecule has 0 aliphatic carbocycles. The first-order valence-corrected chi connectivity index (χ1v) is 7.84. The lowest BCUT2D eigenvalue weighted by atomic mass is 10.1. The fraction of sp³-hybridized carbons (Fsp3) is 0.688. The Morgan fingerprint density at radius 3 is 2.14 bits per heavy atom. The van der Waals surface area contributed by atoms with Gasteiger partial charge in [0.1, 0.15) is 0 Å². The van der Waals surface area contributed by atoms with Gasteiger partial charge in [-0.2, -0.15) is 0 Å². The Morgan fingerprint density at radius 1 is 1.10 bits per heavy atom. The van der Waals surface area contributed by atoms with Gasteiger partial charge in [0.15, 0.2) is 0 Å². The van der Waals surface area contributed by atoms with Gasteiger partial charge in [-0.25, -0.2) is 0 Å². The van der Waals surface area contributed by atoms with E-state index >= 15 is 0 Å². The number of nitrogens with zero attached hydrogens (tertiary/aromatic N) is 2. The number of hydrogen-bond donors (Lipinski definition) is 1. The van der Waals surface area contributed by atoms with Gasteiger partial charge in [0.25, 0.3) is 0 Å². The van der Waals surface area contributed by atoms with Gasteiger partial charge in [-0.3, -0.25) is 4.98 Å². The summed E-state index contributed by atoms with van der Waals surface area (Å²) < 4.78 is 10.9. The quantitative estimate of drug-likeness (QED) is 0.635. The molecule has 5 nitrogen and oxygen atoms in total. The molecule has 0 aliphatic rings. The van der Waals surface area contributed by atoms with E-state index < -0.39 is 0 Å². The van der Waals surface area contributed by atoms with Crippen LogP contribution >= 0.6 is 0 Å². The van der Waals surface area contributed by atoms with Crippen molar-refractivity contribution in [2.24, 2.45) is 5.73 Å². The fourth-order valence-corrected chi connectivity index (χ4v) is 2.02. The van der Waals surface area contributed by atoms with Gasteiger partial charge in [0.2, 0.25) is 0 Å². The molecule has 0 radical (unpaired) electrons. The molecule has 0 aliphatic heterocycles. The van der Waals surface area contributed by atoms with Crippen LogP contribution in [0.25, 0.3) is 0 Å². The minimum Gasteiger partial charge on any atom is -0.380 e. The number of hydrogen-bond acceptors (Lipinski definition) is 5. The largest absolute Gasteiger partial charge is 0.380 e. The van der Waals surface area contributed by atoms with Crippen molar-refractivity contribution in [3.8, 4) is 0 Å². The molecule has 0 fully saturated rings. The summed E-state index contributed by atoms with van der Waals surface area (Å²) in [6.07, 6.45) is 2.79. The molecule has 0 unspecified atom stereocenters. The first-order chi connectivity index (χ1) is 10.2. The topological polar surface area (TPSA) is 60.6 Å². The fourth-order valence-electron chi connectivity index (χ4n) is 2.02. The summed E-state index contributed by atoms with van der Waals surface area (Å²) in [7, 11) is 0. The molecule has 1 aromatic rings. The minimum absolute atomic E-state index is 0.0133. The van der Waals surface area contributed by atoms with Crippen molar-refractivity contribution < 1.29 is 9.47 Å². The highest BCUT2D eigenvalue weighted by molar-refractivity contribution is 5.44. The lowest BCUT2D eigenvalue weighted by molar-refractivity contribution is 0.141. The van der Waals surface area contributed by atoms with Crippen molar-refractivity contribution in [2.45, 2.75) is 33.2 Å². The summed E-state index contributed by atoms with van der Waals surface area (Å²) in [6, 6.07) is 4.10. The van der Waals surface area contributed by atoms with E-state index in [0.29, 0.717) is 13.2 Å². The van der Waals surface area contributed by atoms with Gasteiger partial charge in [-0.15, -0.1) is 0 Å². The van der Waals surface area contributed by atoms with Crippen LogP contribution in [-0.2, 0) is 9.47 Å². The van der Waals surface area contributed by atoms with Crippen LogP contribution in [0.4, 0.5) is 5.69 Å². The molecule has 0 aromatic carbocycles. The van der Waals surface area contributed by atoms with E-state index in [9.17, 15) is 0 Å². The Kier molecular flexibility index (Phi) is 8.98. The third-order valence-corrected chi connectivity index (χ3v) is 3.37. The van der Waals surface area contributed by atoms with Crippen LogP contribution in [-0.4, -0.2) is 44.5 Å². The molecule has 0 spiro atoms. The van der Waals surface area contributed by atoms with Crippen molar-refractivity contribution >= 4 is 5.69 Å². The highest BCUT2D eigenvalue weighted by Gasteiger charge is 2.09. The molecule has 1 rings (SSSR count). The zero-order chi connectivity index (χ0) is 15.5. The monoisotopic (exact) mass is 295 g/mol. The highest BCUT2D eigenvalue weighted by atomic mass is 16.5. The lowest BCUT2D eigenvalue weighted by Gasteiger charge is -2.24. The minimum atomic E-state index is 0.0133. The number of ether oxygens (including phenoxy) is 2. The average molecular weight is 295 g/mol. The molecular weight excluding hydrogens is 266 g/mol. The second kappa shape index (κ2) is 10.5. The normalized spacial score (nSPS) is 12.4. The van der Waals surface area contributed by atoms with E-state index in [4.69, 9.17) is 15.2 Å². The maximum Gasteiger partial charge on any atom is 0.0641 e. The van der Waals surface area contributed by atoms with Crippen LogP contribution in [0, 0.1) is 0 Å². The van der Waals surface area contributed by atoms with Gasteiger partial charge in [-0.1, -0.05) is 6.92 Å². The van der Waals surface area contributed by atoms with Crippen LogP contribution in [0.2, 0.25) is 0 Å². The van der Waals surface area contributed by atoms with Crippen molar-refractivity contribution in [3.63, 3.8) is 0 Å². The Balaban J connectivity index is 2.66. The van der Waals surface area contributed by atoms with Crippen molar-refractivity contribution in [1.29, 1.82) is 0 Å². The lowest BCUT2D eigenvalue weighted by Crippen LogP contribution is -2.31. The Hall–Kier alpha value is -1.17. The highest BCUT2D eigenvalue weighted by Crippen LogP contribution is 2.17. The molecule has 0 saturated carbocycles. The first-order valence-electron chi connectivity index (χ1n) is 7.84. The maximum absolute atomic E-state index is 6.00. The predicted octanol–water partition coefficient (Wildman–Crippen LogP) is 2.37. The molecule has 2 N–H and O–H groups in total. The molecule has 21 heavy (non-hydrogen) atoms. The maximum atomic E-state index is 6.00. The Labute approximate surface area is 128 Å². The third kappa shape index (κ3) is 6.42. The van der Waals surface area contributed by atoms with E-state index in [0.717, 1.165) is 44.1 Å². The number of aromatic nitrogens is 1. The number of rotatable bonds is 11. The second-order valence-electron chi connectivity index (χ2n) is 4.84. The zero-order valence-electron chi connectivity index (χ0n) is 13.5. The predicted molar refractivity (Wildman–Crippen MR) is 86.7 cm³/mol. The van der Waals surface area contributed by atoms with E-state index in [-0.39, 0.29) is 6.04 Å². The van der Waals surface area contributed by atoms with Gasteiger partial charge in [-0.05, 0) is 32.4 Å². The molecule has 0 bridgehead atoms. The van der Waals surface area contributed by atoms with Gasteiger partial charge in [0.05, 0.1) is 30.8 Å². The smallest absolute Gasteiger partial charge is 0.0641 e. The number of nitrogens with two attached hydrogens (primary N) is 1. The zero-order valence-corrected chi connectivity index (χ0v) is 13.5. The molecule has 1 aromatic heterocycles. The number of pyridine rings is 1. The molecule has 1 heterocycles. The SMILES string of the molecule is CCOCCN(CCOCC)c1ccc([C@@H](N)CC)nc1. The first kappa shape index (κ1) is 17.9. The van der Waals surface area contributed by atoms with Crippen LogP contribution in [0.3, 0.4) is 0 Å². The van der Waals surface area contributed by atoms with Gasteiger partial charge < -0.3 is 20.1 Å². The molecule has 120 valence electrons. The molecule has 0 saturated heterocycles. The standard InChI is InChI=1S/C16H29N3O2/c1-4-15(17)16-8-7-14(13-18-16)19(9-11-20-5-2)10-12-21-6-3/h7-8,13,15H,4-6,9-12,17H2,1-3H3/t15-/m0/s1. The summed E-state index contributed by atoms with van der Waals surface area (Å²) in [4.78, 5) is 6.71. The van der Waals surface area contributed by atoms with Gasteiger partial charge >= 0.3 is 0 Å². The summed E-state index contributed by atoms with van der Waals surface area (Å²) in [5.41, 5.74) is 8.03. The van der Waals surface area contributed by atoms with E-state index in [2.05, 4.69) is 22.9 Å². The van der Waals surface area contributed by atoms with E-state index in [1.54, 1.807) is 0 Å². The van der Waals surface area contributed by atoms with Crippen LogP contribution in [0.1, 0.15) is 38.9 Å². The van der Waals surface area contributed by atoms with Crippen molar-refractivity contribution in [1.82, 2.24) is 4.98 Å². The number of anilines is 1. The van der Waals surface area contributed by atoms with Crippen LogP contribution in [0.5, 0.6) is 0 Å². The molecule has 0 amide bonds. The van der Waals surface area contributed by atoms with E-state index in [1.807, 2.05) is 26.1 Å². The average Bonchev–Trinajstić information content (AvgIpc) is 2.53. The van der Waals surface area contributed by atoms with Crippen LogP contribution in [0.15, 0.2) is 18.3 Å². The summed E-state index contributed by atoms with van der Waals surface area (Å²) in [5.74, 6) is 0. The van der Waals surface area contributed by atoms with E-state index in [1.165, 1.54) is 0 Å². The summed E-state index contributed by atoms with van der Waals surface area (Å²) in [5, 5.41) is 0. The van der Waals surface area contributed by atoms with Crippen molar-refractivity contribution in [3.05, 3.63) is 24.0 Å². The second-order valence-corrected chi connectivity index (χ2v) is 4.84. The van der Waals surface area contributed by atoms with Crippen molar-refractivity contribution in [2.75, 3.05) is 44.4 Å². The molecule has 5 heteroatoms. The summed E-state index contributed by atoms with van der Waals surface area (Å²) >= 11 is 0.